The molecule has 1 atom stereocenters. The van der Waals surface area contributed by atoms with Crippen molar-refractivity contribution in [3.8, 4) is 17.3 Å². The molecule has 1 unspecified atom stereocenters. The van der Waals surface area contributed by atoms with Crippen LogP contribution in [0.15, 0.2) is 54.6 Å². The summed E-state index contributed by atoms with van der Waals surface area (Å²) in [7, 11) is 0. The van der Waals surface area contributed by atoms with Crippen LogP contribution in [0, 0.1) is 11.3 Å². The quantitative estimate of drug-likeness (QED) is 0.585. The molecule has 3 aromatic rings. The second-order valence-electron chi connectivity index (χ2n) is 8.24. The number of pyridine rings is 1. The molecule has 1 saturated heterocycles. The number of carbonyl (C=O) groups excluding carboxylic acids is 3. The standard InChI is InChI=1S/C25H21F2N5O3/c1-15(33)30-17-6-4-5-16(9-17)22-10-20(19-7-2-3-8-21(19)31-22)24(35)29-13-23(34)32-14-25(26,27)11-18(32)12-28/h2-10,18H,11,13-14H2,1H3,(H,29,35)(H,30,33). The number of likely N-dealkylation sites (tertiary alicyclic amines) is 1. The average Bonchev–Trinajstić information content (AvgIpc) is 3.16. The Kier molecular flexibility index (Phi) is 6.42. The number of para-hydroxylation sites is 1. The first-order chi connectivity index (χ1) is 16.7. The lowest BCUT2D eigenvalue weighted by Crippen LogP contribution is -2.43. The Morgan fingerprint density at radius 3 is 2.69 bits per heavy atom. The summed E-state index contributed by atoms with van der Waals surface area (Å²) < 4.78 is 27.3. The molecule has 2 N–H and O–H groups in total. The van der Waals surface area contributed by atoms with Crippen molar-refractivity contribution in [3.63, 3.8) is 0 Å². The number of hydrogen-bond acceptors (Lipinski definition) is 5. The van der Waals surface area contributed by atoms with E-state index in [9.17, 15) is 23.2 Å². The van der Waals surface area contributed by atoms with E-state index in [4.69, 9.17) is 5.26 Å². The Labute approximate surface area is 199 Å². The number of halogens is 2. The Hall–Kier alpha value is -4.39. The fourth-order valence-electron chi connectivity index (χ4n) is 4.02. The van der Waals surface area contributed by atoms with Crippen LogP contribution in [0.4, 0.5) is 14.5 Å². The normalized spacial score (nSPS) is 16.5. The van der Waals surface area contributed by atoms with Crippen molar-refractivity contribution >= 4 is 34.3 Å². The van der Waals surface area contributed by atoms with Crippen LogP contribution in [0.3, 0.4) is 0 Å². The number of hydrogen-bond donors (Lipinski definition) is 2. The van der Waals surface area contributed by atoms with Gasteiger partial charge in [0.05, 0.1) is 35.9 Å². The zero-order valence-corrected chi connectivity index (χ0v) is 18.7. The number of nitrogens with zero attached hydrogens (tertiary/aromatic N) is 3. The summed E-state index contributed by atoms with van der Waals surface area (Å²) in [6, 6.07) is 16.0. The molecule has 3 amide bonds. The number of nitrogens with one attached hydrogen (secondary N) is 2. The number of amides is 3. The van der Waals surface area contributed by atoms with Crippen LogP contribution >= 0.6 is 0 Å². The van der Waals surface area contributed by atoms with Gasteiger partial charge in [-0.25, -0.2) is 13.8 Å². The van der Waals surface area contributed by atoms with Crippen molar-refractivity contribution in [1.29, 1.82) is 5.26 Å². The van der Waals surface area contributed by atoms with Crippen LogP contribution in [0.2, 0.25) is 0 Å². The highest BCUT2D eigenvalue weighted by Gasteiger charge is 2.47. The van der Waals surface area contributed by atoms with E-state index < -0.39 is 43.3 Å². The van der Waals surface area contributed by atoms with Gasteiger partial charge in [0.2, 0.25) is 11.8 Å². The summed E-state index contributed by atoms with van der Waals surface area (Å²) >= 11 is 0. The first-order valence-electron chi connectivity index (χ1n) is 10.8. The largest absolute Gasteiger partial charge is 0.343 e. The molecule has 1 aromatic heterocycles. The molecule has 0 spiro atoms. The zero-order chi connectivity index (χ0) is 25.2. The summed E-state index contributed by atoms with van der Waals surface area (Å²) in [5, 5.41) is 14.8. The fourth-order valence-corrected chi connectivity index (χ4v) is 4.02. The summed E-state index contributed by atoms with van der Waals surface area (Å²) in [4.78, 5) is 42.4. The maximum absolute atomic E-state index is 13.7. The predicted octanol–water partition coefficient (Wildman–Crippen LogP) is 3.35. The minimum absolute atomic E-state index is 0.229. The van der Waals surface area contributed by atoms with Gasteiger partial charge < -0.3 is 15.5 Å². The summed E-state index contributed by atoms with van der Waals surface area (Å²) in [5.41, 5.74) is 2.47. The van der Waals surface area contributed by atoms with Crippen molar-refractivity contribution in [1.82, 2.24) is 15.2 Å². The topological polar surface area (TPSA) is 115 Å². The van der Waals surface area contributed by atoms with Gasteiger partial charge in [-0.05, 0) is 24.3 Å². The number of rotatable bonds is 5. The van der Waals surface area contributed by atoms with Crippen molar-refractivity contribution in [3.05, 3.63) is 60.2 Å². The van der Waals surface area contributed by atoms with Crippen LogP contribution < -0.4 is 10.6 Å². The number of fused-ring (bicyclic) bond motifs is 1. The van der Waals surface area contributed by atoms with Crippen molar-refractivity contribution < 1.29 is 23.2 Å². The van der Waals surface area contributed by atoms with Crippen LogP contribution in [0.5, 0.6) is 0 Å². The molecule has 0 radical (unpaired) electrons. The molecular formula is C25H21F2N5O3. The zero-order valence-electron chi connectivity index (χ0n) is 18.7. The summed E-state index contributed by atoms with van der Waals surface area (Å²) in [6.07, 6.45) is -0.723. The van der Waals surface area contributed by atoms with Gasteiger partial charge in [-0.2, -0.15) is 5.26 Å². The molecule has 2 heterocycles. The van der Waals surface area contributed by atoms with E-state index in [1.807, 2.05) is 0 Å². The number of benzene rings is 2. The number of anilines is 1. The molecule has 2 aromatic carbocycles. The van der Waals surface area contributed by atoms with Gasteiger partial charge in [0.25, 0.3) is 11.8 Å². The van der Waals surface area contributed by atoms with Gasteiger partial charge in [0.1, 0.15) is 6.04 Å². The molecule has 10 heteroatoms. The van der Waals surface area contributed by atoms with E-state index in [-0.39, 0.29) is 11.5 Å². The molecule has 1 aliphatic heterocycles. The fraction of sp³-hybridized carbons (Fsp3) is 0.240. The number of carbonyl (C=O) groups is 3. The predicted molar refractivity (Wildman–Crippen MR) is 124 cm³/mol. The second kappa shape index (κ2) is 9.46. The van der Waals surface area contributed by atoms with E-state index in [2.05, 4.69) is 15.6 Å². The van der Waals surface area contributed by atoms with E-state index in [0.29, 0.717) is 27.8 Å². The number of nitriles is 1. The first kappa shape index (κ1) is 23.8. The third-order valence-corrected chi connectivity index (χ3v) is 5.58. The number of alkyl halides is 2. The lowest BCUT2D eigenvalue weighted by atomic mass is 10.0. The monoisotopic (exact) mass is 477 g/mol. The third kappa shape index (κ3) is 5.24. The molecule has 0 saturated carbocycles. The second-order valence-corrected chi connectivity index (χ2v) is 8.24. The van der Waals surface area contributed by atoms with Crippen molar-refractivity contribution in [2.24, 2.45) is 0 Å². The first-order valence-corrected chi connectivity index (χ1v) is 10.8. The Morgan fingerprint density at radius 2 is 1.94 bits per heavy atom. The minimum atomic E-state index is -3.14. The molecule has 0 bridgehead atoms. The molecule has 35 heavy (non-hydrogen) atoms. The van der Waals surface area contributed by atoms with Gasteiger partial charge in [-0.1, -0.05) is 30.3 Å². The molecule has 8 nitrogen and oxygen atoms in total. The maximum atomic E-state index is 13.7. The molecule has 1 fully saturated rings. The Bertz CT molecular complexity index is 1370. The third-order valence-electron chi connectivity index (χ3n) is 5.58. The minimum Gasteiger partial charge on any atom is -0.343 e. The van der Waals surface area contributed by atoms with E-state index in [1.165, 1.54) is 6.92 Å². The SMILES string of the molecule is CC(=O)Nc1cccc(-c2cc(C(=O)NCC(=O)N3CC(F)(F)CC3C#N)c3ccccc3n2)c1. The van der Waals surface area contributed by atoms with Crippen LogP contribution in [0.1, 0.15) is 23.7 Å². The molecule has 178 valence electrons. The smallest absolute Gasteiger partial charge is 0.268 e. The van der Waals surface area contributed by atoms with E-state index in [1.54, 1.807) is 60.7 Å². The van der Waals surface area contributed by atoms with Gasteiger partial charge in [-0.3, -0.25) is 14.4 Å². The number of aromatic nitrogens is 1. The lowest BCUT2D eigenvalue weighted by molar-refractivity contribution is -0.131. The van der Waals surface area contributed by atoms with Crippen LogP contribution in [0.25, 0.3) is 22.2 Å². The van der Waals surface area contributed by atoms with Crippen molar-refractivity contribution in [2.75, 3.05) is 18.4 Å². The van der Waals surface area contributed by atoms with E-state index in [0.717, 1.165) is 4.90 Å². The maximum Gasteiger partial charge on any atom is 0.268 e. The van der Waals surface area contributed by atoms with E-state index >= 15 is 0 Å². The Balaban J connectivity index is 1.60. The summed E-state index contributed by atoms with van der Waals surface area (Å²) in [5.74, 6) is -4.71. The van der Waals surface area contributed by atoms with Gasteiger partial charge in [0.15, 0.2) is 0 Å². The van der Waals surface area contributed by atoms with Crippen LogP contribution in [-0.2, 0) is 9.59 Å². The molecule has 1 aliphatic rings. The molecule has 4 rings (SSSR count). The molecule has 0 aliphatic carbocycles. The molecular weight excluding hydrogens is 456 g/mol. The van der Waals surface area contributed by atoms with Crippen LogP contribution in [-0.4, -0.2) is 52.7 Å². The highest BCUT2D eigenvalue weighted by molar-refractivity contribution is 6.08. The van der Waals surface area contributed by atoms with Crippen molar-refractivity contribution in [2.45, 2.75) is 25.3 Å². The van der Waals surface area contributed by atoms with Gasteiger partial charge in [-0.15, -0.1) is 0 Å². The van der Waals surface area contributed by atoms with Gasteiger partial charge >= 0.3 is 0 Å². The average molecular weight is 477 g/mol. The summed E-state index contributed by atoms with van der Waals surface area (Å²) in [6.45, 7) is 0.0107. The highest BCUT2D eigenvalue weighted by atomic mass is 19.3. The van der Waals surface area contributed by atoms with Gasteiger partial charge in [0, 0.05) is 30.0 Å². The Morgan fingerprint density at radius 1 is 1.17 bits per heavy atom. The lowest BCUT2D eigenvalue weighted by Gasteiger charge is -2.19. The highest BCUT2D eigenvalue weighted by Crippen LogP contribution is 2.31.